The smallest absolute Gasteiger partial charge is 0.341 e. The fraction of sp³-hybridized carbons (Fsp3) is 0.211. The molecule has 0 unspecified atom stereocenters. The van der Waals surface area contributed by atoms with E-state index < -0.39 is 24.5 Å². The first-order chi connectivity index (χ1) is 12.9. The minimum absolute atomic E-state index is 0.214. The van der Waals surface area contributed by atoms with Crippen LogP contribution in [0.4, 0.5) is 5.69 Å². The maximum absolute atomic E-state index is 12.4. The van der Waals surface area contributed by atoms with Crippen molar-refractivity contribution in [1.82, 2.24) is 0 Å². The van der Waals surface area contributed by atoms with Gasteiger partial charge in [-0.25, -0.2) is 4.79 Å². The van der Waals surface area contributed by atoms with Crippen LogP contribution in [0.5, 0.6) is 17.2 Å². The Bertz CT molecular complexity index is 848. The Labute approximate surface area is 155 Å². The molecule has 142 valence electrons. The molecule has 1 amide bonds. The van der Waals surface area contributed by atoms with E-state index in [1.165, 1.54) is 31.4 Å². The molecule has 0 aliphatic heterocycles. The molecule has 27 heavy (non-hydrogen) atoms. The van der Waals surface area contributed by atoms with Crippen LogP contribution < -0.4 is 19.5 Å². The summed E-state index contributed by atoms with van der Waals surface area (Å²) in [6, 6.07) is 10.8. The van der Waals surface area contributed by atoms with E-state index in [4.69, 9.17) is 19.3 Å². The zero-order chi connectivity index (χ0) is 19.8. The average molecular weight is 373 g/mol. The first-order valence-corrected chi connectivity index (χ1v) is 8.07. The molecule has 0 bridgehead atoms. The van der Waals surface area contributed by atoms with Crippen molar-refractivity contribution in [1.29, 1.82) is 0 Å². The number of carboxylic acids is 1. The number of carbonyl (C=O) groups excluding carboxylic acids is 2. The first-order valence-electron chi connectivity index (χ1n) is 8.07. The summed E-state index contributed by atoms with van der Waals surface area (Å²) >= 11 is 0. The second-order valence-corrected chi connectivity index (χ2v) is 5.36. The third-order valence-electron chi connectivity index (χ3n) is 3.39. The third kappa shape index (κ3) is 5.74. The SMILES string of the molecule is CCC(=O)Oc1ccc(C(=O)Nc2cccc(OCC(=O)O)c2)cc1OC. The number of anilines is 1. The molecule has 0 aliphatic carbocycles. The number of nitrogens with one attached hydrogen (secondary N) is 1. The Hall–Kier alpha value is -3.55. The Kier molecular flexibility index (Phi) is 6.76. The summed E-state index contributed by atoms with van der Waals surface area (Å²) < 4.78 is 15.4. The molecule has 0 heterocycles. The number of esters is 1. The summed E-state index contributed by atoms with van der Waals surface area (Å²) in [6.07, 6.45) is 0.214. The van der Waals surface area contributed by atoms with E-state index in [1.54, 1.807) is 25.1 Å². The van der Waals surface area contributed by atoms with Crippen molar-refractivity contribution < 1.29 is 33.7 Å². The summed E-state index contributed by atoms with van der Waals surface area (Å²) in [5, 5.41) is 11.3. The van der Waals surface area contributed by atoms with E-state index in [0.29, 0.717) is 17.0 Å². The lowest BCUT2D eigenvalue weighted by Gasteiger charge is -2.11. The lowest BCUT2D eigenvalue weighted by molar-refractivity contribution is -0.139. The van der Waals surface area contributed by atoms with Crippen LogP contribution in [-0.4, -0.2) is 36.7 Å². The van der Waals surface area contributed by atoms with E-state index in [1.807, 2.05) is 0 Å². The van der Waals surface area contributed by atoms with Crippen LogP contribution in [0.3, 0.4) is 0 Å². The number of benzene rings is 2. The molecule has 2 N–H and O–H groups in total. The van der Waals surface area contributed by atoms with Crippen molar-refractivity contribution >= 4 is 23.5 Å². The van der Waals surface area contributed by atoms with Crippen LogP contribution in [0, 0.1) is 0 Å². The fourth-order valence-electron chi connectivity index (χ4n) is 2.10. The number of carboxylic acid groups (broad SMARTS) is 1. The van der Waals surface area contributed by atoms with E-state index in [2.05, 4.69) is 5.32 Å². The van der Waals surface area contributed by atoms with Crippen LogP contribution in [0.1, 0.15) is 23.7 Å². The van der Waals surface area contributed by atoms with Crippen LogP contribution >= 0.6 is 0 Å². The average Bonchev–Trinajstić information content (AvgIpc) is 2.66. The topological polar surface area (TPSA) is 111 Å². The molecule has 0 fully saturated rings. The minimum Gasteiger partial charge on any atom is -0.493 e. The molecule has 0 saturated carbocycles. The van der Waals surface area contributed by atoms with E-state index in [-0.39, 0.29) is 17.9 Å². The molecule has 2 aromatic rings. The normalized spacial score (nSPS) is 10.0. The van der Waals surface area contributed by atoms with Gasteiger partial charge in [-0.1, -0.05) is 13.0 Å². The molecule has 8 nitrogen and oxygen atoms in total. The Morgan fingerprint density at radius 2 is 1.85 bits per heavy atom. The summed E-state index contributed by atoms with van der Waals surface area (Å²) in [6.45, 7) is 1.19. The predicted molar refractivity (Wildman–Crippen MR) is 96.4 cm³/mol. The van der Waals surface area contributed by atoms with Gasteiger partial charge in [0.05, 0.1) is 7.11 Å². The molecule has 0 radical (unpaired) electrons. The molecule has 0 atom stereocenters. The van der Waals surface area contributed by atoms with E-state index >= 15 is 0 Å². The van der Waals surface area contributed by atoms with Gasteiger partial charge in [0.25, 0.3) is 5.91 Å². The van der Waals surface area contributed by atoms with Gasteiger partial charge >= 0.3 is 11.9 Å². The van der Waals surface area contributed by atoms with Crippen molar-refractivity contribution in [3.63, 3.8) is 0 Å². The molecule has 0 spiro atoms. The molecule has 0 saturated heterocycles. The number of carbonyl (C=O) groups is 3. The predicted octanol–water partition coefficient (Wildman–Crippen LogP) is 2.73. The third-order valence-corrected chi connectivity index (χ3v) is 3.39. The quantitative estimate of drug-likeness (QED) is 0.540. The molecular weight excluding hydrogens is 354 g/mol. The van der Waals surface area contributed by atoms with Crippen molar-refractivity contribution in [3.05, 3.63) is 48.0 Å². The Morgan fingerprint density at radius 3 is 2.52 bits per heavy atom. The van der Waals surface area contributed by atoms with Gasteiger partial charge in [-0.15, -0.1) is 0 Å². The van der Waals surface area contributed by atoms with Crippen molar-refractivity contribution in [3.8, 4) is 17.2 Å². The lowest BCUT2D eigenvalue weighted by Crippen LogP contribution is -2.13. The summed E-state index contributed by atoms with van der Waals surface area (Å²) in [7, 11) is 1.41. The highest BCUT2D eigenvalue weighted by Gasteiger charge is 2.14. The van der Waals surface area contributed by atoms with Gasteiger partial charge in [-0.05, 0) is 30.3 Å². The summed E-state index contributed by atoms with van der Waals surface area (Å²) in [4.78, 5) is 34.4. The maximum atomic E-state index is 12.4. The molecule has 2 aromatic carbocycles. The number of hydrogen-bond acceptors (Lipinski definition) is 6. The highest BCUT2D eigenvalue weighted by atomic mass is 16.6. The van der Waals surface area contributed by atoms with Crippen LogP contribution in [0.25, 0.3) is 0 Å². The van der Waals surface area contributed by atoms with Crippen LogP contribution in [0.15, 0.2) is 42.5 Å². The molecule has 0 aromatic heterocycles. The highest BCUT2D eigenvalue weighted by Crippen LogP contribution is 2.29. The zero-order valence-electron chi connectivity index (χ0n) is 14.9. The number of amides is 1. The molecule has 0 aliphatic rings. The monoisotopic (exact) mass is 373 g/mol. The van der Waals surface area contributed by atoms with E-state index in [9.17, 15) is 14.4 Å². The number of rotatable bonds is 8. The van der Waals surface area contributed by atoms with Gasteiger partial charge in [-0.3, -0.25) is 9.59 Å². The largest absolute Gasteiger partial charge is 0.493 e. The first kappa shape index (κ1) is 19.8. The molecule has 2 rings (SSSR count). The van der Waals surface area contributed by atoms with Gasteiger partial charge in [0.15, 0.2) is 18.1 Å². The Morgan fingerprint density at radius 1 is 1.07 bits per heavy atom. The van der Waals surface area contributed by atoms with E-state index in [0.717, 1.165) is 0 Å². The number of hydrogen-bond donors (Lipinski definition) is 2. The minimum atomic E-state index is -1.10. The van der Waals surface area contributed by atoms with Crippen molar-refractivity contribution in [2.45, 2.75) is 13.3 Å². The number of methoxy groups -OCH3 is 1. The maximum Gasteiger partial charge on any atom is 0.341 e. The highest BCUT2D eigenvalue weighted by molar-refractivity contribution is 6.04. The summed E-state index contributed by atoms with van der Waals surface area (Å²) in [5.74, 6) is -1.14. The van der Waals surface area contributed by atoms with Gasteiger partial charge in [0.1, 0.15) is 5.75 Å². The fourth-order valence-corrected chi connectivity index (χ4v) is 2.10. The second-order valence-electron chi connectivity index (χ2n) is 5.36. The Balaban J connectivity index is 2.12. The van der Waals surface area contributed by atoms with Gasteiger partial charge < -0.3 is 24.6 Å². The van der Waals surface area contributed by atoms with Crippen LogP contribution in [-0.2, 0) is 9.59 Å². The number of ether oxygens (including phenoxy) is 3. The number of aliphatic carboxylic acids is 1. The standard InChI is InChI=1S/C19H19NO7/c1-3-18(23)27-15-8-7-12(9-16(15)25-2)19(24)20-13-5-4-6-14(10-13)26-11-17(21)22/h4-10H,3,11H2,1-2H3,(H,20,24)(H,21,22). The van der Waals surface area contributed by atoms with Crippen LogP contribution in [0.2, 0.25) is 0 Å². The van der Waals surface area contributed by atoms with Gasteiger partial charge in [-0.2, -0.15) is 0 Å². The van der Waals surface area contributed by atoms with Gasteiger partial charge in [0, 0.05) is 23.7 Å². The molecular formula is C19H19NO7. The summed E-state index contributed by atoms with van der Waals surface area (Å²) in [5.41, 5.74) is 0.725. The molecule has 8 heteroatoms. The second kappa shape index (κ2) is 9.23. The van der Waals surface area contributed by atoms with Crippen molar-refractivity contribution in [2.75, 3.05) is 19.0 Å². The van der Waals surface area contributed by atoms with Crippen molar-refractivity contribution in [2.24, 2.45) is 0 Å². The zero-order valence-corrected chi connectivity index (χ0v) is 14.9. The lowest BCUT2D eigenvalue weighted by atomic mass is 10.1. The van der Waals surface area contributed by atoms with Gasteiger partial charge in [0.2, 0.25) is 0 Å².